The standard InChI is InChI=1S/C28H40N8/c1-4-15-35(16-5-2)17-7-6-8-26-33-19-24-18-23(9-10-25(24)34-26)20-36(21-27-29-11-12-30-27)22(3)28-31-13-14-32-28/h9-14,18-19,22H,4-8,15-17,20-21H2,1-3H3,(H,29,30)(H,31,32). The van der Waals surface area contributed by atoms with Crippen LogP contribution in [0.2, 0.25) is 0 Å². The van der Waals surface area contributed by atoms with Gasteiger partial charge in [-0.1, -0.05) is 19.9 Å². The van der Waals surface area contributed by atoms with E-state index in [-0.39, 0.29) is 6.04 Å². The first kappa shape index (κ1) is 26.0. The lowest BCUT2D eigenvalue weighted by molar-refractivity contribution is 0.181. The fourth-order valence-electron chi connectivity index (χ4n) is 4.75. The third-order valence-corrected chi connectivity index (χ3v) is 6.65. The molecule has 0 spiro atoms. The second-order valence-corrected chi connectivity index (χ2v) is 9.57. The molecule has 0 saturated heterocycles. The SMILES string of the molecule is CCCN(CCC)CCCCc1ncc2cc(CN(Cc3ncc[nH]3)C(C)c3ncc[nH]3)ccc2n1. The average Bonchev–Trinajstić information content (AvgIpc) is 3.61. The van der Waals surface area contributed by atoms with Crippen LogP contribution >= 0.6 is 0 Å². The van der Waals surface area contributed by atoms with Crippen molar-refractivity contribution in [3.8, 4) is 0 Å². The van der Waals surface area contributed by atoms with E-state index in [1.165, 1.54) is 44.5 Å². The van der Waals surface area contributed by atoms with E-state index in [1.807, 2.05) is 18.6 Å². The Morgan fingerprint density at radius 3 is 2.42 bits per heavy atom. The number of imidazole rings is 2. The van der Waals surface area contributed by atoms with Crippen LogP contribution in [0.25, 0.3) is 10.9 Å². The summed E-state index contributed by atoms with van der Waals surface area (Å²) in [6.07, 6.45) is 15.0. The van der Waals surface area contributed by atoms with Crippen LogP contribution in [0.3, 0.4) is 0 Å². The molecule has 0 aliphatic heterocycles. The van der Waals surface area contributed by atoms with Crippen molar-refractivity contribution in [3.05, 3.63) is 72.2 Å². The number of rotatable bonds is 15. The number of hydrogen-bond acceptors (Lipinski definition) is 6. The van der Waals surface area contributed by atoms with E-state index in [9.17, 15) is 0 Å². The molecule has 1 aromatic carbocycles. The Bertz CT molecular complexity index is 1150. The Labute approximate surface area is 214 Å². The summed E-state index contributed by atoms with van der Waals surface area (Å²) < 4.78 is 0. The molecule has 0 amide bonds. The predicted octanol–water partition coefficient (Wildman–Crippen LogP) is 5.28. The molecule has 0 aliphatic carbocycles. The topological polar surface area (TPSA) is 89.6 Å². The molecule has 4 rings (SSSR count). The maximum Gasteiger partial charge on any atom is 0.128 e. The third-order valence-electron chi connectivity index (χ3n) is 6.65. The van der Waals surface area contributed by atoms with Gasteiger partial charge in [0.05, 0.1) is 18.1 Å². The van der Waals surface area contributed by atoms with Gasteiger partial charge >= 0.3 is 0 Å². The minimum Gasteiger partial charge on any atom is -0.348 e. The zero-order valence-corrected chi connectivity index (χ0v) is 22.0. The summed E-state index contributed by atoms with van der Waals surface area (Å²) in [5.41, 5.74) is 2.23. The van der Waals surface area contributed by atoms with Gasteiger partial charge in [0.15, 0.2) is 0 Å². The number of nitrogens with zero attached hydrogens (tertiary/aromatic N) is 6. The molecule has 0 saturated carbocycles. The van der Waals surface area contributed by atoms with Crippen molar-refractivity contribution < 1.29 is 0 Å². The van der Waals surface area contributed by atoms with E-state index in [0.717, 1.165) is 47.8 Å². The first-order valence-electron chi connectivity index (χ1n) is 13.3. The molecule has 1 atom stereocenters. The molecular formula is C28H40N8. The van der Waals surface area contributed by atoms with Gasteiger partial charge in [0.1, 0.15) is 17.5 Å². The Kier molecular flexibility index (Phi) is 9.58. The number of fused-ring (bicyclic) bond motifs is 1. The first-order valence-corrected chi connectivity index (χ1v) is 13.3. The molecule has 0 aliphatic rings. The smallest absolute Gasteiger partial charge is 0.128 e. The van der Waals surface area contributed by atoms with Crippen molar-refractivity contribution in [1.82, 2.24) is 39.7 Å². The first-order chi connectivity index (χ1) is 17.7. The lowest BCUT2D eigenvalue weighted by Crippen LogP contribution is -2.27. The number of aromatic nitrogens is 6. The predicted molar refractivity (Wildman–Crippen MR) is 144 cm³/mol. The number of H-pyrrole nitrogens is 2. The van der Waals surface area contributed by atoms with Crippen molar-refractivity contribution in [2.75, 3.05) is 19.6 Å². The van der Waals surface area contributed by atoms with Crippen molar-refractivity contribution in [3.63, 3.8) is 0 Å². The Morgan fingerprint density at radius 2 is 1.69 bits per heavy atom. The van der Waals surface area contributed by atoms with Crippen LogP contribution in [-0.4, -0.2) is 59.3 Å². The van der Waals surface area contributed by atoms with Gasteiger partial charge in [0.25, 0.3) is 0 Å². The molecule has 4 aromatic rings. The zero-order valence-electron chi connectivity index (χ0n) is 22.0. The van der Waals surface area contributed by atoms with Crippen molar-refractivity contribution >= 4 is 10.9 Å². The van der Waals surface area contributed by atoms with Crippen LogP contribution in [0.15, 0.2) is 49.2 Å². The Balaban J connectivity index is 1.39. The van der Waals surface area contributed by atoms with Gasteiger partial charge in [-0.2, -0.15) is 0 Å². The molecule has 3 aromatic heterocycles. The number of hydrogen-bond donors (Lipinski definition) is 2. The van der Waals surface area contributed by atoms with Gasteiger partial charge in [-0.05, 0) is 69.9 Å². The van der Waals surface area contributed by atoms with E-state index in [1.54, 1.807) is 12.4 Å². The van der Waals surface area contributed by atoms with E-state index < -0.39 is 0 Å². The van der Waals surface area contributed by atoms with Gasteiger partial charge in [-0.3, -0.25) is 4.90 Å². The summed E-state index contributed by atoms with van der Waals surface area (Å²) >= 11 is 0. The highest BCUT2D eigenvalue weighted by atomic mass is 15.2. The minimum absolute atomic E-state index is 0.116. The zero-order chi connectivity index (χ0) is 25.2. The minimum atomic E-state index is 0.116. The van der Waals surface area contributed by atoms with Crippen molar-refractivity contribution in [2.45, 2.75) is 72.0 Å². The van der Waals surface area contributed by atoms with Gasteiger partial charge in [0, 0.05) is 49.3 Å². The molecule has 2 N–H and O–H groups in total. The normalized spacial score (nSPS) is 12.7. The molecule has 0 fully saturated rings. The fraction of sp³-hybridized carbons (Fsp3) is 0.500. The molecule has 36 heavy (non-hydrogen) atoms. The average molecular weight is 489 g/mol. The fourth-order valence-corrected chi connectivity index (χ4v) is 4.75. The molecule has 0 bridgehead atoms. The summed E-state index contributed by atoms with van der Waals surface area (Å²) in [6, 6.07) is 6.63. The molecule has 3 heterocycles. The number of aryl methyl sites for hydroxylation is 1. The molecule has 1 unspecified atom stereocenters. The molecule has 0 radical (unpaired) electrons. The Morgan fingerprint density at radius 1 is 0.889 bits per heavy atom. The lowest BCUT2D eigenvalue weighted by Gasteiger charge is -2.27. The number of unbranched alkanes of at least 4 members (excludes halogenated alkanes) is 1. The summed E-state index contributed by atoms with van der Waals surface area (Å²) in [5, 5.41) is 1.08. The van der Waals surface area contributed by atoms with E-state index >= 15 is 0 Å². The van der Waals surface area contributed by atoms with Crippen molar-refractivity contribution in [2.24, 2.45) is 0 Å². The van der Waals surface area contributed by atoms with Crippen LogP contribution in [0, 0.1) is 0 Å². The van der Waals surface area contributed by atoms with Crippen LogP contribution in [0.5, 0.6) is 0 Å². The van der Waals surface area contributed by atoms with Crippen molar-refractivity contribution in [1.29, 1.82) is 0 Å². The quantitative estimate of drug-likeness (QED) is 0.221. The highest BCUT2D eigenvalue weighted by Gasteiger charge is 2.20. The van der Waals surface area contributed by atoms with Gasteiger partial charge in [-0.25, -0.2) is 19.9 Å². The highest BCUT2D eigenvalue weighted by Crippen LogP contribution is 2.23. The van der Waals surface area contributed by atoms with Gasteiger partial charge in [0.2, 0.25) is 0 Å². The maximum absolute atomic E-state index is 4.85. The molecule has 192 valence electrons. The molecular weight excluding hydrogens is 448 g/mol. The van der Waals surface area contributed by atoms with E-state index in [4.69, 9.17) is 4.98 Å². The summed E-state index contributed by atoms with van der Waals surface area (Å²) in [7, 11) is 0. The molecule has 8 heteroatoms. The third kappa shape index (κ3) is 7.21. The van der Waals surface area contributed by atoms with Crippen LogP contribution in [-0.2, 0) is 19.5 Å². The summed E-state index contributed by atoms with van der Waals surface area (Å²) in [4.78, 5) is 29.8. The second-order valence-electron chi connectivity index (χ2n) is 9.57. The summed E-state index contributed by atoms with van der Waals surface area (Å²) in [6.45, 7) is 11.7. The van der Waals surface area contributed by atoms with Gasteiger partial charge in [-0.15, -0.1) is 0 Å². The van der Waals surface area contributed by atoms with E-state index in [0.29, 0.717) is 6.54 Å². The van der Waals surface area contributed by atoms with Crippen LogP contribution < -0.4 is 0 Å². The Hall–Kier alpha value is -3.10. The van der Waals surface area contributed by atoms with E-state index in [2.05, 4.69) is 73.7 Å². The summed E-state index contributed by atoms with van der Waals surface area (Å²) in [5.74, 6) is 2.83. The second kappa shape index (κ2) is 13.3. The lowest BCUT2D eigenvalue weighted by atomic mass is 10.1. The highest BCUT2D eigenvalue weighted by molar-refractivity contribution is 5.78. The van der Waals surface area contributed by atoms with Crippen LogP contribution in [0.1, 0.15) is 75.5 Å². The number of nitrogens with one attached hydrogen (secondary N) is 2. The van der Waals surface area contributed by atoms with Crippen LogP contribution in [0.4, 0.5) is 0 Å². The monoisotopic (exact) mass is 488 g/mol. The number of benzene rings is 1. The molecule has 8 nitrogen and oxygen atoms in total. The number of aromatic amines is 2. The maximum atomic E-state index is 4.85. The largest absolute Gasteiger partial charge is 0.348 e. The van der Waals surface area contributed by atoms with Gasteiger partial charge < -0.3 is 14.9 Å².